The number of piperidine rings is 1. The smallest absolute Gasteiger partial charge is 0.410 e. The molecule has 0 unspecified atom stereocenters. The fourth-order valence-corrected chi connectivity index (χ4v) is 6.99. The lowest BCUT2D eigenvalue weighted by Gasteiger charge is -2.30. The summed E-state index contributed by atoms with van der Waals surface area (Å²) in [6.07, 6.45) is 3.44. The number of likely N-dealkylation sites (tertiary alicyclic amines) is 1. The van der Waals surface area contributed by atoms with Crippen molar-refractivity contribution in [1.82, 2.24) is 25.3 Å². The molecule has 0 aliphatic carbocycles. The van der Waals surface area contributed by atoms with Crippen molar-refractivity contribution in [2.75, 3.05) is 65.6 Å². The fraction of sp³-hybridized carbons (Fsp3) is 0.577. The van der Waals surface area contributed by atoms with Crippen LogP contribution in [0.1, 0.15) is 126 Å². The Morgan fingerprint density at radius 2 is 1.03 bits per heavy atom. The number of carbonyl (C=O) groups is 6. The number of rotatable bonds is 22. The Balaban J connectivity index is 1.63. The largest absolute Gasteiger partial charge is 0.504 e. The third kappa shape index (κ3) is 21.5. The Morgan fingerprint density at radius 3 is 1.44 bits per heavy atom. The van der Waals surface area contributed by atoms with Gasteiger partial charge in [-0.1, -0.05) is 12.1 Å². The number of benzene rings is 2. The van der Waals surface area contributed by atoms with Gasteiger partial charge in [-0.25, -0.2) is 14.4 Å². The molecule has 1 aliphatic rings. The highest BCUT2D eigenvalue weighted by atomic mass is 16.6. The minimum atomic E-state index is -0.747. The van der Waals surface area contributed by atoms with Crippen LogP contribution < -0.4 is 20.1 Å². The molecule has 1 aliphatic heterocycles. The molecule has 0 bridgehead atoms. The molecule has 1 saturated heterocycles. The molecule has 3 rings (SSSR count). The Kier molecular flexibility index (Phi) is 22.4. The third-order valence-corrected chi connectivity index (χ3v) is 10.1. The predicted octanol–water partition coefficient (Wildman–Crippen LogP) is 8.23. The molecule has 0 atom stereocenters. The molecule has 2 aromatic rings. The van der Waals surface area contributed by atoms with Crippen LogP contribution in [0.5, 0.6) is 23.0 Å². The van der Waals surface area contributed by atoms with Gasteiger partial charge in [0, 0.05) is 76.3 Å². The van der Waals surface area contributed by atoms with Crippen molar-refractivity contribution in [3.8, 4) is 23.0 Å². The molecule has 0 saturated carbocycles. The minimum Gasteiger partial charge on any atom is -0.504 e. The lowest BCUT2D eigenvalue weighted by molar-refractivity contribution is -0.133. The van der Waals surface area contributed by atoms with Crippen molar-refractivity contribution in [3.05, 3.63) is 58.7 Å². The number of phenols is 2. The van der Waals surface area contributed by atoms with E-state index in [-0.39, 0.29) is 79.6 Å². The van der Waals surface area contributed by atoms with E-state index in [1.165, 1.54) is 17.0 Å². The van der Waals surface area contributed by atoms with Crippen LogP contribution in [-0.2, 0) is 28.6 Å². The van der Waals surface area contributed by atoms with E-state index in [2.05, 4.69) is 10.6 Å². The van der Waals surface area contributed by atoms with E-state index in [9.17, 15) is 39.0 Å². The Morgan fingerprint density at radius 1 is 0.614 bits per heavy atom. The van der Waals surface area contributed by atoms with Crippen LogP contribution >= 0.6 is 0 Å². The topological polar surface area (TPSA) is 223 Å². The first kappa shape index (κ1) is 57.9. The number of carbonyl (C=O) groups excluding carboxylic acids is 6. The number of unbranched alkanes of at least 4 members (excludes halogenated alkanes) is 1. The van der Waals surface area contributed by atoms with Gasteiger partial charge in [0.25, 0.3) is 0 Å². The van der Waals surface area contributed by atoms with Crippen LogP contribution in [-0.4, -0.2) is 143 Å². The molecule has 0 radical (unpaired) electrons. The Bertz CT molecular complexity index is 2090. The van der Waals surface area contributed by atoms with Crippen LogP contribution in [0, 0.1) is 0 Å². The molecule has 18 nitrogen and oxygen atoms in total. The molecular formula is C52H77N5O13. The van der Waals surface area contributed by atoms with E-state index in [0.29, 0.717) is 87.3 Å². The van der Waals surface area contributed by atoms with Gasteiger partial charge in [0.15, 0.2) is 28.8 Å². The average molecular weight is 980 g/mol. The lowest BCUT2D eigenvalue weighted by Crippen LogP contribution is -2.42. The van der Waals surface area contributed by atoms with Crippen LogP contribution in [0.3, 0.4) is 0 Å². The zero-order chi connectivity index (χ0) is 52.2. The number of hydrogen-bond acceptors (Lipinski definition) is 13. The second kappa shape index (κ2) is 27.1. The van der Waals surface area contributed by atoms with Gasteiger partial charge in [-0.3, -0.25) is 14.4 Å². The fourth-order valence-electron chi connectivity index (χ4n) is 6.99. The summed E-state index contributed by atoms with van der Waals surface area (Å²) in [5.74, 6) is -0.602. The number of alkyl carbamates (subject to hydrolysis) is 1. The molecule has 18 heteroatoms. The highest BCUT2D eigenvalue weighted by molar-refractivity contribution is 6.15. The summed E-state index contributed by atoms with van der Waals surface area (Å²) in [7, 11) is 0. The van der Waals surface area contributed by atoms with Gasteiger partial charge < -0.3 is 59.2 Å². The van der Waals surface area contributed by atoms with E-state index in [0.717, 1.165) is 0 Å². The monoisotopic (exact) mass is 980 g/mol. The number of nitrogens with zero attached hydrogens (tertiary/aromatic N) is 3. The standard InChI is InChI=1S/C52H77N5O13/c1-12-66-42-32-36(18-20-40(42)58)30-38-34-57(35-39(46(38)62)31-37-19-21-41(59)43(33-37)67-13-2)45(61)23-22-44(60)53-24-16-28-55(48(64)69-51(6,7)8)26-14-15-27-56(49(65)70-52(9,10)11)29-17-25-54-47(63)68-50(3,4)5/h18-21,30-33,58-59H,12-17,22-29,34-35H2,1-11H3,(H,53,60)(H,54,63)/b38-30+,39-31+. The van der Waals surface area contributed by atoms with Gasteiger partial charge in [-0.2, -0.15) is 0 Å². The molecule has 0 aromatic heterocycles. The summed E-state index contributed by atoms with van der Waals surface area (Å²) in [5.41, 5.74) is -0.312. The van der Waals surface area contributed by atoms with Gasteiger partial charge in [0.2, 0.25) is 11.8 Å². The quantitative estimate of drug-likeness (QED) is 0.0497. The third-order valence-electron chi connectivity index (χ3n) is 10.1. The number of nitrogens with one attached hydrogen (secondary N) is 2. The van der Waals surface area contributed by atoms with Crippen LogP contribution in [0.15, 0.2) is 47.5 Å². The van der Waals surface area contributed by atoms with Gasteiger partial charge in [0.05, 0.1) is 13.2 Å². The highest BCUT2D eigenvalue weighted by Crippen LogP contribution is 2.31. The molecule has 70 heavy (non-hydrogen) atoms. The summed E-state index contributed by atoms with van der Waals surface area (Å²) in [6.45, 7) is 22.0. The number of ether oxygens (including phenoxy) is 5. The zero-order valence-electron chi connectivity index (χ0n) is 43.2. The summed E-state index contributed by atoms with van der Waals surface area (Å²) in [5, 5.41) is 26.1. The van der Waals surface area contributed by atoms with Crippen molar-refractivity contribution in [2.45, 2.75) is 131 Å². The number of ketones is 1. The summed E-state index contributed by atoms with van der Waals surface area (Å²) in [4.78, 5) is 83.9. The second-order valence-electron chi connectivity index (χ2n) is 19.9. The predicted molar refractivity (Wildman–Crippen MR) is 267 cm³/mol. The normalized spacial score (nSPS) is 14.2. The van der Waals surface area contributed by atoms with Crippen LogP contribution in [0.4, 0.5) is 14.4 Å². The first-order valence-electron chi connectivity index (χ1n) is 24.1. The maximum Gasteiger partial charge on any atom is 0.410 e. The molecule has 2 aromatic carbocycles. The van der Waals surface area contributed by atoms with Gasteiger partial charge in [-0.15, -0.1) is 0 Å². The first-order valence-corrected chi connectivity index (χ1v) is 24.1. The number of phenolic OH excluding ortho intramolecular Hbond substituents is 2. The number of hydrogen-bond donors (Lipinski definition) is 4. The van der Waals surface area contributed by atoms with Crippen molar-refractivity contribution < 1.29 is 62.7 Å². The molecule has 0 spiro atoms. The van der Waals surface area contributed by atoms with Crippen molar-refractivity contribution in [3.63, 3.8) is 0 Å². The molecule has 4 N–H and O–H groups in total. The van der Waals surface area contributed by atoms with E-state index < -0.39 is 35.1 Å². The Labute approximate surface area is 413 Å². The van der Waals surface area contributed by atoms with E-state index in [1.54, 1.807) is 122 Å². The van der Waals surface area contributed by atoms with Crippen LogP contribution in [0.2, 0.25) is 0 Å². The van der Waals surface area contributed by atoms with Gasteiger partial charge >= 0.3 is 18.3 Å². The molecule has 5 amide bonds. The molecular weight excluding hydrogens is 903 g/mol. The Hall–Kier alpha value is -6.46. The SMILES string of the molecule is CCOc1cc(/C=C2\CN(C(=O)CCC(=O)NCCCN(CCCCN(CCCNC(=O)OC(C)(C)C)C(=O)OC(C)(C)C)C(=O)OC(C)(C)C)C/C(=C\c3ccc(O)c(OCC)c3)C2=O)ccc1O. The van der Waals surface area contributed by atoms with E-state index in [4.69, 9.17) is 23.7 Å². The average Bonchev–Trinajstić information content (AvgIpc) is 3.24. The van der Waals surface area contributed by atoms with Crippen LogP contribution in [0.25, 0.3) is 12.2 Å². The maximum atomic E-state index is 13.9. The van der Waals surface area contributed by atoms with Gasteiger partial charge in [0.1, 0.15) is 16.8 Å². The minimum absolute atomic E-state index is 0.0197. The van der Waals surface area contributed by atoms with Crippen molar-refractivity contribution >= 4 is 48.0 Å². The lowest BCUT2D eigenvalue weighted by atomic mass is 9.93. The van der Waals surface area contributed by atoms with Crippen molar-refractivity contribution in [1.29, 1.82) is 0 Å². The van der Waals surface area contributed by atoms with Gasteiger partial charge in [-0.05, 0) is 149 Å². The number of Topliss-reactive ketones (excluding diaryl/α,β-unsaturated/α-hetero) is 1. The summed E-state index contributed by atoms with van der Waals surface area (Å²) >= 11 is 0. The maximum absolute atomic E-state index is 13.9. The van der Waals surface area contributed by atoms with E-state index in [1.807, 2.05) is 0 Å². The summed E-state index contributed by atoms with van der Waals surface area (Å²) < 4.78 is 27.7. The molecule has 388 valence electrons. The number of aromatic hydroxyl groups is 2. The van der Waals surface area contributed by atoms with E-state index >= 15 is 0 Å². The van der Waals surface area contributed by atoms with Crippen molar-refractivity contribution in [2.24, 2.45) is 0 Å². The second-order valence-corrected chi connectivity index (χ2v) is 19.9. The summed E-state index contributed by atoms with van der Waals surface area (Å²) in [6, 6.07) is 9.42. The first-order chi connectivity index (χ1) is 32.8. The highest BCUT2D eigenvalue weighted by Gasteiger charge is 2.30. The molecule has 1 heterocycles. The molecule has 1 fully saturated rings. The zero-order valence-corrected chi connectivity index (χ0v) is 43.2. The number of amides is 5.